The molecule has 2 nitrogen and oxygen atoms in total. The first-order chi connectivity index (χ1) is 8.31. The van der Waals surface area contributed by atoms with Crippen LogP contribution >= 0.6 is 15.9 Å². The topological polar surface area (TPSA) is 24.9 Å². The maximum absolute atomic E-state index is 4.82. The highest BCUT2D eigenvalue weighted by molar-refractivity contribution is 9.10. The monoisotopic (exact) mass is 290 g/mol. The molecular formula is C14H15BrN2. The Balaban J connectivity index is 2.36. The van der Waals surface area contributed by atoms with Crippen LogP contribution < -0.4 is 5.32 Å². The van der Waals surface area contributed by atoms with Crippen LogP contribution in [0.1, 0.15) is 23.2 Å². The summed E-state index contributed by atoms with van der Waals surface area (Å²) in [5.41, 5.74) is 5.32. The minimum atomic E-state index is 0.928. The number of rotatable bonds is 2. The molecule has 0 amide bonds. The highest BCUT2D eigenvalue weighted by Gasteiger charge is 2.19. The number of aryl methyl sites for hydroxylation is 1. The summed E-state index contributed by atoms with van der Waals surface area (Å²) in [5.74, 6) is 0. The Morgan fingerprint density at radius 2 is 2.24 bits per heavy atom. The van der Waals surface area contributed by atoms with Crippen molar-refractivity contribution in [1.82, 2.24) is 10.3 Å². The van der Waals surface area contributed by atoms with Crippen molar-refractivity contribution in [3.63, 3.8) is 0 Å². The number of nitrogens with zero attached hydrogens (tertiary/aromatic N) is 1. The summed E-state index contributed by atoms with van der Waals surface area (Å²) in [4.78, 5) is 4.82. The van der Waals surface area contributed by atoms with Gasteiger partial charge in [-0.1, -0.05) is 12.1 Å². The molecule has 1 aliphatic rings. The number of halogens is 1. The SMILES string of the molecule is CNCc1c2c(nc3c(Br)cccc13)CCC2. The van der Waals surface area contributed by atoms with Crippen molar-refractivity contribution in [1.29, 1.82) is 0 Å². The fourth-order valence-corrected chi connectivity index (χ4v) is 3.18. The van der Waals surface area contributed by atoms with E-state index in [4.69, 9.17) is 4.98 Å². The number of hydrogen-bond acceptors (Lipinski definition) is 2. The van der Waals surface area contributed by atoms with E-state index in [9.17, 15) is 0 Å². The van der Waals surface area contributed by atoms with E-state index < -0.39 is 0 Å². The lowest BCUT2D eigenvalue weighted by Gasteiger charge is -2.12. The Bertz CT molecular complexity index is 578. The summed E-state index contributed by atoms with van der Waals surface area (Å²) in [7, 11) is 2.01. The van der Waals surface area contributed by atoms with Crippen LogP contribution in [0.25, 0.3) is 10.9 Å². The molecular weight excluding hydrogens is 276 g/mol. The average Bonchev–Trinajstić information content (AvgIpc) is 2.78. The predicted octanol–water partition coefficient (Wildman–Crippen LogP) is 3.21. The van der Waals surface area contributed by atoms with Crippen LogP contribution in [0.3, 0.4) is 0 Å². The molecule has 88 valence electrons. The van der Waals surface area contributed by atoms with Crippen LogP contribution in [0.4, 0.5) is 0 Å². The third-order valence-corrected chi connectivity index (χ3v) is 4.11. The van der Waals surface area contributed by atoms with E-state index >= 15 is 0 Å². The molecule has 17 heavy (non-hydrogen) atoms. The molecule has 0 fully saturated rings. The lowest BCUT2D eigenvalue weighted by molar-refractivity contribution is 0.809. The van der Waals surface area contributed by atoms with Crippen molar-refractivity contribution in [2.24, 2.45) is 0 Å². The van der Waals surface area contributed by atoms with Crippen molar-refractivity contribution in [3.8, 4) is 0 Å². The molecule has 3 heteroatoms. The normalized spacial score (nSPS) is 14.2. The Morgan fingerprint density at radius 1 is 1.35 bits per heavy atom. The Morgan fingerprint density at radius 3 is 3.06 bits per heavy atom. The average molecular weight is 291 g/mol. The molecule has 1 heterocycles. The van der Waals surface area contributed by atoms with Gasteiger partial charge in [0.1, 0.15) is 0 Å². The van der Waals surface area contributed by atoms with Crippen molar-refractivity contribution in [2.45, 2.75) is 25.8 Å². The molecule has 0 saturated carbocycles. The van der Waals surface area contributed by atoms with Gasteiger partial charge in [0.25, 0.3) is 0 Å². The lowest BCUT2D eigenvalue weighted by Crippen LogP contribution is -2.09. The number of hydrogen-bond donors (Lipinski definition) is 1. The van der Waals surface area contributed by atoms with Gasteiger partial charge in [-0.05, 0) is 59.4 Å². The maximum atomic E-state index is 4.82. The third kappa shape index (κ3) is 1.78. The number of aromatic nitrogens is 1. The first-order valence-electron chi connectivity index (χ1n) is 6.04. The van der Waals surface area contributed by atoms with Gasteiger partial charge in [0.05, 0.1) is 5.52 Å². The van der Waals surface area contributed by atoms with Crippen LogP contribution in [-0.4, -0.2) is 12.0 Å². The highest BCUT2D eigenvalue weighted by atomic mass is 79.9. The van der Waals surface area contributed by atoms with E-state index in [2.05, 4.69) is 39.4 Å². The predicted molar refractivity (Wildman–Crippen MR) is 74.2 cm³/mol. The fourth-order valence-electron chi connectivity index (χ4n) is 2.72. The summed E-state index contributed by atoms with van der Waals surface area (Å²) in [5, 5.41) is 4.57. The number of pyridine rings is 1. The van der Waals surface area contributed by atoms with Crippen LogP contribution in [0.15, 0.2) is 22.7 Å². The van der Waals surface area contributed by atoms with Crippen molar-refractivity contribution >= 4 is 26.8 Å². The van der Waals surface area contributed by atoms with E-state index in [0.717, 1.165) is 23.0 Å². The van der Waals surface area contributed by atoms with Gasteiger partial charge in [0.15, 0.2) is 0 Å². The first-order valence-corrected chi connectivity index (χ1v) is 6.84. The van der Waals surface area contributed by atoms with Crippen LogP contribution in [0, 0.1) is 0 Å². The fraction of sp³-hybridized carbons (Fsp3) is 0.357. The zero-order valence-corrected chi connectivity index (χ0v) is 11.5. The molecule has 1 aromatic carbocycles. The largest absolute Gasteiger partial charge is 0.316 e. The van der Waals surface area contributed by atoms with Crippen LogP contribution in [0.2, 0.25) is 0 Å². The number of para-hydroxylation sites is 1. The van der Waals surface area contributed by atoms with Gasteiger partial charge < -0.3 is 5.32 Å². The molecule has 1 aromatic heterocycles. The Hall–Kier alpha value is -0.930. The third-order valence-electron chi connectivity index (χ3n) is 3.47. The first kappa shape index (κ1) is 11.2. The van der Waals surface area contributed by atoms with Crippen LogP contribution in [-0.2, 0) is 19.4 Å². The molecule has 0 saturated heterocycles. The zero-order valence-electron chi connectivity index (χ0n) is 9.89. The summed E-state index contributed by atoms with van der Waals surface area (Å²) in [6, 6.07) is 6.34. The summed E-state index contributed by atoms with van der Waals surface area (Å²) in [6.07, 6.45) is 3.55. The van der Waals surface area contributed by atoms with Crippen molar-refractivity contribution in [2.75, 3.05) is 7.05 Å². The summed E-state index contributed by atoms with van der Waals surface area (Å²) in [6.45, 7) is 0.928. The molecule has 3 rings (SSSR count). The number of nitrogens with one attached hydrogen (secondary N) is 1. The van der Waals surface area contributed by atoms with E-state index in [1.54, 1.807) is 0 Å². The lowest BCUT2D eigenvalue weighted by atomic mass is 10.0. The molecule has 0 spiro atoms. The molecule has 1 aliphatic carbocycles. The van der Waals surface area contributed by atoms with Gasteiger partial charge in [0.2, 0.25) is 0 Å². The molecule has 0 unspecified atom stereocenters. The van der Waals surface area contributed by atoms with Gasteiger partial charge in [0, 0.05) is 22.1 Å². The summed E-state index contributed by atoms with van der Waals surface area (Å²) < 4.78 is 1.10. The minimum Gasteiger partial charge on any atom is -0.316 e. The second kappa shape index (κ2) is 4.39. The van der Waals surface area contributed by atoms with Crippen LogP contribution in [0.5, 0.6) is 0 Å². The smallest absolute Gasteiger partial charge is 0.0850 e. The van der Waals surface area contributed by atoms with E-state index in [1.807, 2.05) is 7.05 Å². The van der Waals surface area contributed by atoms with Gasteiger partial charge in [-0.3, -0.25) is 4.98 Å². The highest BCUT2D eigenvalue weighted by Crippen LogP contribution is 2.32. The zero-order chi connectivity index (χ0) is 11.8. The quantitative estimate of drug-likeness (QED) is 0.919. The van der Waals surface area contributed by atoms with E-state index in [1.165, 1.54) is 35.0 Å². The maximum Gasteiger partial charge on any atom is 0.0850 e. The molecule has 0 atom stereocenters. The van der Waals surface area contributed by atoms with Gasteiger partial charge >= 0.3 is 0 Å². The second-order valence-electron chi connectivity index (χ2n) is 4.54. The standard InChI is InChI=1S/C14H15BrN2/c1-16-8-11-9-4-3-7-13(9)17-14-10(11)5-2-6-12(14)15/h2,5-6,16H,3-4,7-8H2,1H3. The van der Waals surface area contributed by atoms with Gasteiger partial charge in [-0.2, -0.15) is 0 Å². The van der Waals surface area contributed by atoms with E-state index in [0.29, 0.717) is 0 Å². The Labute approximate surface area is 110 Å². The minimum absolute atomic E-state index is 0.928. The van der Waals surface area contributed by atoms with Gasteiger partial charge in [-0.25, -0.2) is 0 Å². The molecule has 0 aliphatic heterocycles. The van der Waals surface area contributed by atoms with E-state index in [-0.39, 0.29) is 0 Å². The second-order valence-corrected chi connectivity index (χ2v) is 5.39. The van der Waals surface area contributed by atoms with Crippen molar-refractivity contribution < 1.29 is 0 Å². The number of fused-ring (bicyclic) bond motifs is 2. The van der Waals surface area contributed by atoms with Gasteiger partial charge in [-0.15, -0.1) is 0 Å². The van der Waals surface area contributed by atoms with Crippen molar-refractivity contribution in [3.05, 3.63) is 39.5 Å². The number of benzene rings is 1. The molecule has 1 N–H and O–H groups in total. The Kier molecular flexibility index (Phi) is 2.89. The molecule has 0 bridgehead atoms. The molecule has 2 aromatic rings. The molecule has 0 radical (unpaired) electrons. The summed E-state index contributed by atoms with van der Waals surface area (Å²) >= 11 is 3.61.